The second-order valence-electron chi connectivity index (χ2n) is 5.81. The minimum absolute atomic E-state index is 0.168. The van der Waals surface area contributed by atoms with Gasteiger partial charge in [0.05, 0.1) is 12.0 Å². The molecule has 0 bridgehead atoms. The highest BCUT2D eigenvalue weighted by atomic mass is 32.2. The molecule has 0 heterocycles. The van der Waals surface area contributed by atoms with E-state index in [2.05, 4.69) is 0 Å². The average Bonchev–Trinajstić information content (AvgIpc) is 2.61. The van der Waals surface area contributed by atoms with Gasteiger partial charge in [-0.15, -0.1) is 0 Å². The van der Waals surface area contributed by atoms with E-state index in [1.54, 1.807) is 6.07 Å². The Bertz CT molecular complexity index is 1060. The summed E-state index contributed by atoms with van der Waals surface area (Å²) in [5.41, 5.74) is 2.13. The van der Waals surface area contributed by atoms with Gasteiger partial charge in [-0.25, -0.2) is 17.2 Å². The first-order valence-corrected chi connectivity index (χ1v) is 9.26. The molecule has 3 rings (SSSR count). The molecule has 0 radical (unpaired) electrons. The van der Waals surface area contributed by atoms with Crippen molar-refractivity contribution in [2.45, 2.75) is 16.7 Å². The van der Waals surface area contributed by atoms with Gasteiger partial charge in [-0.1, -0.05) is 17.7 Å². The molecule has 3 aromatic carbocycles. The maximum Gasteiger partial charge on any atom is 0.209 e. The van der Waals surface area contributed by atoms with Crippen LogP contribution in [0.3, 0.4) is 0 Å². The summed E-state index contributed by atoms with van der Waals surface area (Å²) in [5, 5.41) is 0. The quantitative estimate of drug-likeness (QED) is 0.617. The van der Waals surface area contributed by atoms with Crippen molar-refractivity contribution in [3.05, 3.63) is 77.9 Å². The van der Waals surface area contributed by atoms with Gasteiger partial charge in [-0.3, -0.25) is 0 Å². The van der Waals surface area contributed by atoms with Crippen molar-refractivity contribution in [3.63, 3.8) is 0 Å². The maximum absolute atomic E-state index is 14.6. The van der Waals surface area contributed by atoms with Crippen LogP contribution in [-0.2, 0) is 9.84 Å². The molecule has 0 aromatic heterocycles. The van der Waals surface area contributed by atoms with Crippen LogP contribution >= 0.6 is 0 Å². The second kappa shape index (κ2) is 6.88. The van der Waals surface area contributed by atoms with Gasteiger partial charge in [0.15, 0.2) is 0 Å². The lowest BCUT2D eigenvalue weighted by Crippen LogP contribution is -2.05. The number of rotatable bonds is 4. The zero-order valence-electron chi connectivity index (χ0n) is 14.2. The van der Waals surface area contributed by atoms with Gasteiger partial charge >= 0.3 is 0 Å². The van der Waals surface area contributed by atoms with Crippen LogP contribution in [0.1, 0.15) is 5.56 Å². The fourth-order valence-electron chi connectivity index (χ4n) is 2.67. The molecule has 3 aromatic rings. The maximum atomic E-state index is 14.6. The Morgan fingerprint density at radius 3 is 2.19 bits per heavy atom. The van der Waals surface area contributed by atoms with Gasteiger partial charge in [0.2, 0.25) is 9.84 Å². The molecule has 0 amide bonds. The molecule has 0 fully saturated rings. The van der Waals surface area contributed by atoms with Gasteiger partial charge in [0, 0.05) is 5.56 Å². The summed E-state index contributed by atoms with van der Waals surface area (Å²) in [5.74, 6) is -0.883. The summed E-state index contributed by atoms with van der Waals surface area (Å²) in [4.78, 5) is -0.627. The van der Waals surface area contributed by atoms with Crippen LogP contribution in [0.5, 0.6) is 5.75 Å². The van der Waals surface area contributed by atoms with Crippen LogP contribution in [0.4, 0.5) is 8.78 Å². The Kier molecular flexibility index (Phi) is 4.78. The van der Waals surface area contributed by atoms with E-state index in [-0.39, 0.29) is 4.90 Å². The Hall–Kier alpha value is -2.73. The number of sulfone groups is 1. The van der Waals surface area contributed by atoms with Crippen LogP contribution < -0.4 is 4.74 Å². The van der Waals surface area contributed by atoms with Gasteiger partial charge in [0.1, 0.15) is 22.3 Å². The highest BCUT2D eigenvalue weighted by Gasteiger charge is 2.22. The summed E-state index contributed by atoms with van der Waals surface area (Å²) >= 11 is 0. The first-order valence-electron chi connectivity index (χ1n) is 7.78. The van der Waals surface area contributed by atoms with Crippen LogP contribution in [0.25, 0.3) is 11.1 Å². The largest absolute Gasteiger partial charge is 0.496 e. The monoisotopic (exact) mass is 374 g/mol. The third-order valence-electron chi connectivity index (χ3n) is 4.01. The predicted octanol–water partition coefficient (Wildman–Crippen LogP) is 4.78. The Balaban J connectivity index is 2.09. The Labute approximate surface area is 150 Å². The van der Waals surface area contributed by atoms with Crippen molar-refractivity contribution < 1.29 is 21.9 Å². The topological polar surface area (TPSA) is 43.4 Å². The minimum atomic E-state index is -4.08. The van der Waals surface area contributed by atoms with Crippen LogP contribution in [0.2, 0.25) is 0 Å². The first kappa shape index (κ1) is 18.1. The lowest BCUT2D eigenvalue weighted by molar-refractivity contribution is 0.416. The van der Waals surface area contributed by atoms with E-state index in [0.717, 1.165) is 35.9 Å². The summed E-state index contributed by atoms with van der Waals surface area (Å²) < 4.78 is 58.2. The van der Waals surface area contributed by atoms with Gasteiger partial charge in [-0.2, -0.15) is 0 Å². The molecule has 134 valence electrons. The van der Waals surface area contributed by atoms with Crippen LogP contribution in [0, 0.1) is 18.6 Å². The standard InChI is InChI=1S/C20H16F2O3S/c1-13-3-9-19(25-2)17(11-13)14-4-10-20(18(22)12-14)26(23,24)16-7-5-15(21)6-8-16/h3-12H,1-2H3. The van der Waals surface area contributed by atoms with Crippen LogP contribution in [0.15, 0.2) is 70.5 Å². The van der Waals surface area contributed by atoms with E-state index < -0.39 is 26.4 Å². The first-order chi connectivity index (χ1) is 12.3. The number of halogens is 2. The fraction of sp³-hybridized carbons (Fsp3) is 0.100. The number of hydrogen-bond acceptors (Lipinski definition) is 3. The number of benzene rings is 3. The van der Waals surface area contributed by atoms with Crippen molar-refractivity contribution in [1.82, 2.24) is 0 Å². The molecule has 0 N–H and O–H groups in total. The molecule has 3 nitrogen and oxygen atoms in total. The van der Waals surface area contributed by atoms with E-state index in [1.165, 1.54) is 19.2 Å². The molecule has 26 heavy (non-hydrogen) atoms. The number of ether oxygens (including phenoxy) is 1. The molecular weight excluding hydrogens is 358 g/mol. The molecule has 0 unspecified atom stereocenters. The van der Waals surface area contributed by atoms with E-state index in [9.17, 15) is 17.2 Å². The summed E-state index contributed by atoms with van der Waals surface area (Å²) in [7, 11) is -2.57. The third kappa shape index (κ3) is 3.32. The average molecular weight is 374 g/mol. The Morgan fingerprint density at radius 1 is 0.885 bits per heavy atom. The smallest absolute Gasteiger partial charge is 0.209 e. The predicted molar refractivity (Wildman–Crippen MR) is 95.0 cm³/mol. The lowest BCUT2D eigenvalue weighted by atomic mass is 10.0. The molecule has 0 saturated heterocycles. The summed E-state index contributed by atoms with van der Waals surface area (Å²) in [6.45, 7) is 1.90. The normalized spacial score (nSPS) is 11.4. The van der Waals surface area contributed by atoms with Crippen molar-refractivity contribution in [2.75, 3.05) is 7.11 Å². The molecule has 0 atom stereocenters. The van der Waals surface area contributed by atoms with E-state index >= 15 is 0 Å². The van der Waals surface area contributed by atoms with Gasteiger partial charge in [0.25, 0.3) is 0 Å². The van der Waals surface area contributed by atoms with Crippen molar-refractivity contribution in [1.29, 1.82) is 0 Å². The zero-order chi connectivity index (χ0) is 18.9. The molecule has 0 aliphatic carbocycles. The van der Waals surface area contributed by atoms with Gasteiger partial charge < -0.3 is 4.74 Å². The molecule has 0 saturated carbocycles. The summed E-state index contributed by atoms with van der Waals surface area (Å²) in [6, 6.07) is 13.6. The van der Waals surface area contributed by atoms with Gasteiger partial charge in [-0.05, 0) is 61.0 Å². The van der Waals surface area contributed by atoms with E-state index in [1.807, 2.05) is 19.1 Å². The number of aryl methyl sites for hydroxylation is 1. The van der Waals surface area contributed by atoms with E-state index in [0.29, 0.717) is 16.9 Å². The highest BCUT2D eigenvalue weighted by molar-refractivity contribution is 7.91. The summed E-state index contributed by atoms with van der Waals surface area (Å²) in [6.07, 6.45) is 0. The molecule has 0 aliphatic rings. The van der Waals surface area contributed by atoms with Crippen molar-refractivity contribution in [2.24, 2.45) is 0 Å². The minimum Gasteiger partial charge on any atom is -0.496 e. The Morgan fingerprint density at radius 2 is 1.58 bits per heavy atom. The number of methoxy groups -OCH3 is 1. The fourth-order valence-corrected chi connectivity index (χ4v) is 3.99. The number of hydrogen-bond donors (Lipinski definition) is 0. The molecule has 0 spiro atoms. The molecule has 0 aliphatic heterocycles. The lowest BCUT2D eigenvalue weighted by Gasteiger charge is -2.12. The zero-order valence-corrected chi connectivity index (χ0v) is 15.0. The third-order valence-corrected chi connectivity index (χ3v) is 5.81. The molecular formula is C20H16F2O3S. The SMILES string of the molecule is COc1ccc(C)cc1-c1ccc(S(=O)(=O)c2ccc(F)cc2)c(F)c1. The van der Waals surface area contributed by atoms with Crippen molar-refractivity contribution in [3.8, 4) is 16.9 Å². The second-order valence-corrected chi connectivity index (χ2v) is 7.72. The van der Waals surface area contributed by atoms with Crippen LogP contribution in [-0.4, -0.2) is 15.5 Å². The van der Waals surface area contributed by atoms with Crippen molar-refractivity contribution >= 4 is 9.84 Å². The molecule has 6 heteroatoms. The highest BCUT2D eigenvalue weighted by Crippen LogP contribution is 2.33. The van der Waals surface area contributed by atoms with E-state index in [4.69, 9.17) is 4.74 Å².